The molecule has 3 rings (SSSR count). The zero-order valence-corrected chi connectivity index (χ0v) is 16.0. The van der Waals surface area contributed by atoms with Gasteiger partial charge in [0.1, 0.15) is 5.75 Å². The molecule has 0 spiro atoms. The highest BCUT2D eigenvalue weighted by atomic mass is 16.5. The third-order valence-electron chi connectivity index (χ3n) is 5.24. The monoisotopic (exact) mass is 352 g/mol. The van der Waals surface area contributed by atoms with Gasteiger partial charge < -0.3 is 14.5 Å². The van der Waals surface area contributed by atoms with E-state index in [1.54, 1.807) is 0 Å². The number of rotatable bonds is 5. The Balaban J connectivity index is 1.51. The molecule has 1 aliphatic rings. The van der Waals surface area contributed by atoms with Gasteiger partial charge in [-0.1, -0.05) is 31.2 Å². The van der Waals surface area contributed by atoms with E-state index in [-0.39, 0.29) is 12.5 Å². The highest BCUT2D eigenvalue weighted by Crippen LogP contribution is 2.24. The van der Waals surface area contributed by atoms with Crippen molar-refractivity contribution in [2.24, 2.45) is 0 Å². The molecule has 0 unspecified atom stereocenters. The fourth-order valence-corrected chi connectivity index (χ4v) is 3.33. The number of hydrogen-bond donors (Lipinski definition) is 0. The Bertz CT molecular complexity index is 747. The number of carbonyl (C=O) groups excluding carboxylic acids is 1. The molecule has 2 aromatic carbocycles. The van der Waals surface area contributed by atoms with Crippen molar-refractivity contribution in [1.29, 1.82) is 0 Å². The quantitative estimate of drug-likeness (QED) is 0.824. The number of carbonyl (C=O) groups is 1. The van der Waals surface area contributed by atoms with E-state index in [1.165, 1.54) is 22.4 Å². The number of anilines is 1. The smallest absolute Gasteiger partial charge is 0.260 e. The first-order valence-corrected chi connectivity index (χ1v) is 9.39. The van der Waals surface area contributed by atoms with Crippen LogP contribution in [0.5, 0.6) is 5.75 Å². The summed E-state index contributed by atoms with van der Waals surface area (Å²) in [6.45, 7) is 9.74. The molecule has 138 valence electrons. The predicted molar refractivity (Wildman–Crippen MR) is 106 cm³/mol. The fraction of sp³-hybridized carbons (Fsp3) is 0.409. The van der Waals surface area contributed by atoms with E-state index in [0.717, 1.165) is 38.3 Å². The lowest BCUT2D eigenvalue weighted by atomic mass is 10.1. The van der Waals surface area contributed by atoms with Crippen LogP contribution in [0.15, 0.2) is 42.5 Å². The molecule has 1 saturated heterocycles. The van der Waals surface area contributed by atoms with E-state index < -0.39 is 0 Å². The Labute approximate surface area is 156 Å². The van der Waals surface area contributed by atoms with Crippen LogP contribution in [0.1, 0.15) is 23.6 Å². The number of piperazine rings is 1. The second-order valence-electron chi connectivity index (χ2n) is 6.87. The van der Waals surface area contributed by atoms with E-state index in [4.69, 9.17) is 4.74 Å². The van der Waals surface area contributed by atoms with Gasteiger partial charge in [-0.05, 0) is 55.2 Å². The summed E-state index contributed by atoms with van der Waals surface area (Å²) in [5, 5.41) is 0. The van der Waals surface area contributed by atoms with Gasteiger partial charge in [0.2, 0.25) is 0 Å². The zero-order valence-electron chi connectivity index (χ0n) is 16.0. The van der Waals surface area contributed by atoms with Gasteiger partial charge in [0.25, 0.3) is 5.91 Å². The van der Waals surface area contributed by atoms with E-state index >= 15 is 0 Å². The molecule has 0 atom stereocenters. The maximum atomic E-state index is 12.4. The Morgan fingerprint density at radius 1 is 1.00 bits per heavy atom. The molecule has 26 heavy (non-hydrogen) atoms. The molecule has 1 heterocycles. The van der Waals surface area contributed by atoms with Gasteiger partial charge in [0.05, 0.1) is 0 Å². The summed E-state index contributed by atoms with van der Waals surface area (Å²) in [7, 11) is 0. The minimum atomic E-state index is 0.0604. The lowest BCUT2D eigenvalue weighted by molar-refractivity contribution is -0.133. The molecule has 0 aromatic heterocycles. The molecule has 0 N–H and O–H groups in total. The van der Waals surface area contributed by atoms with Gasteiger partial charge in [-0.25, -0.2) is 0 Å². The summed E-state index contributed by atoms with van der Waals surface area (Å²) >= 11 is 0. The van der Waals surface area contributed by atoms with Crippen LogP contribution < -0.4 is 9.64 Å². The van der Waals surface area contributed by atoms with Crippen molar-refractivity contribution in [1.82, 2.24) is 4.90 Å². The Hall–Kier alpha value is -2.49. The number of aryl methyl sites for hydroxylation is 2. The van der Waals surface area contributed by atoms with Gasteiger partial charge in [-0.3, -0.25) is 4.79 Å². The molecule has 2 aromatic rings. The molecule has 1 amide bonds. The van der Waals surface area contributed by atoms with Crippen molar-refractivity contribution >= 4 is 11.6 Å². The van der Waals surface area contributed by atoms with Crippen molar-refractivity contribution in [3.05, 3.63) is 59.2 Å². The first kappa shape index (κ1) is 18.3. The van der Waals surface area contributed by atoms with Crippen LogP contribution in [-0.2, 0) is 11.2 Å². The molecule has 4 heteroatoms. The van der Waals surface area contributed by atoms with Gasteiger partial charge in [-0.15, -0.1) is 0 Å². The van der Waals surface area contributed by atoms with Crippen LogP contribution in [0, 0.1) is 13.8 Å². The lowest BCUT2D eigenvalue weighted by Gasteiger charge is -2.37. The molecule has 0 radical (unpaired) electrons. The van der Waals surface area contributed by atoms with Crippen LogP contribution in [0.2, 0.25) is 0 Å². The minimum absolute atomic E-state index is 0.0604. The summed E-state index contributed by atoms with van der Waals surface area (Å²) in [6.07, 6.45) is 1.00. The van der Waals surface area contributed by atoms with Crippen molar-refractivity contribution in [2.75, 3.05) is 37.7 Å². The van der Waals surface area contributed by atoms with Crippen molar-refractivity contribution in [3.63, 3.8) is 0 Å². The molecular formula is C22H28N2O2. The second-order valence-corrected chi connectivity index (χ2v) is 6.87. The maximum absolute atomic E-state index is 12.4. The zero-order chi connectivity index (χ0) is 18.5. The standard InChI is InChI=1S/C22H28N2O2/c1-4-19-8-10-20(11-9-19)26-16-22(25)24-14-12-23(13-15-24)21-7-5-6-17(2)18(21)3/h5-11H,4,12-16H2,1-3H3. The van der Waals surface area contributed by atoms with Crippen molar-refractivity contribution < 1.29 is 9.53 Å². The third-order valence-corrected chi connectivity index (χ3v) is 5.24. The summed E-state index contributed by atoms with van der Waals surface area (Å²) in [6, 6.07) is 14.4. The van der Waals surface area contributed by atoms with Gasteiger partial charge in [0.15, 0.2) is 6.61 Å². The summed E-state index contributed by atoms with van der Waals surface area (Å²) in [4.78, 5) is 16.7. The number of benzene rings is 2. The van der Waals surface area contributed by atoms with Crippen LogP contribution in [0.3, 0.4) is 0 Å². The Kier molecular flexibility index (Phi) is 5.82. The normalized spacial score (nSPS) is 14.4. The molecule has 0 saturated carbocycles. The summed E-state index contributed by atoms with van der Waals surface area (Å²) in [5.74, 6) is 0.815. The minimum Gasteiger partial charge on any atom is -0.484 e. The number of amides is 1. The van der Waals surface area contributed by atoms with Crippen LogP contribution in [-0.4, -0.2) is 43.6 Å². The average Bonchev–Trinajstić information content (AvgIpc) is 2.69. The molecule has 1 fully saturated rings. The van der Waals surface area contributed by atoms with E-state index in [2.05, 4.69) is 43.9 Å². The summed E-state index contributed by atoms with van der Waals surface area (Å²) in [5.41, 5.74) is 5.19. The van der Waals surface area contributed by atoms with E-state index in [0.29, 0.717) is 0 Å². The van der Waals surface area contributed by atoms with Crippen LogP contribution in [0.4, 0.5) is 5.69 Å². The maximum Gasteiger partial charge on any atom is 0.260 e. The Morgan fingerprint density at radius 3 is 2.35 bits per heavy atom. The number of hydrogen-bond acceptors (Lipinski definition) is 3. The second kappa shape index (κ2) is 8.26. The van der Waals surface area contributed by atoms with Gasteiger partial charge in [-0.2, -0.15) is 0 Å². The largest absolute Gasteiger partial charge is 0.484 e. The van der Waals surface area contributed by atoms with E-state index in [1.807, 2.05) is 29.2 Å². The average molecular weight is 352 g/mol. The summed E-state index contributed by atoms with van der Waals surface area (Å²) < 4.78 is 5.66. The third kappa shape index (κ3) is 4.18. The molecule has 0 aliphatic carbocycles. The van der Waals surface area contributed by atoms with Gasteiger partial charge >= 0.3 is 0 Å². The molecular weight excluding hydrogens is 324 g/mol. The Morgan fingerprint density at radius 2 is 1.69 bits per heavy atom. The highest BCUT2D eigenvalue weighted by Gasteiger charge is 2.22. The molecule has 1 aliphatic heterocycles. The molecule has 0 bridgehead atoms. The van der Waals surface area contributed by atoms with Crippen molar-refractivity contribution in [2.45, 2.75) is 27.2 Å². The number of ether oxygens (including phenoxy) is 1. The first-order valence-electron chi connectivity index (χ1n) is 9.39. The van der Waals surface area contributed by atoms with Crippen LogP contribution in [0.25, 0.3) is 0 Å². The first-order chi connectivity index (χ1) is 12.6. The highest BCUT2D eigenvalue weighted by molar-refractivity contribution is 5.78. The van der Waals surface area contributed by atoms with Gasteiger partial charge in [0, 0.05) is 31.9 Å². The number of nitrogens with zero attached hydrogens (tertiary/aromatic N) is 2. The molecule has 4 nitrogen and oxygen atoms in total. The van der Waals surface area contributed by atoms with Crippen LogP contribution >= 0.6 is 0 Å². The SMILES string of the molecule is CCc1ccc(OCC(=O)N2CCN(c3cccc(C)c3C)CC2)cc1. The lowest BCUT2D eigenvalue weighted by Crippen LogP contribution is -2.50. The topological polar surface area (TPSA) is 32.8 Å². The fourth-order valence-electron chi connectivity index (χ4n) is 3.33. The van der Waals surface area contributed by atoms with Crippen molar-refractivity contribution in [3.8, 4) is 5.75 Å². The van der Waals surface area contributed by atoms with E-state index in [9.17, 15) is 4.79 Å². The predicted octanol–water partition coefficient (Wildman–Crippen LogP) is 3.59.